The van der Waals surface area contributed by atoms with E-state index in [-0.39, 0.29) is 6.04 Å². The Morgan fingerprint density at radius 1 is 0.920 bits per heavy atom. The lowest BCUT2D eigenvalue weighted by atomic mass is 9.98. The molecule has 1 aliphatic heterocycles. The highest BCUT2D eigenvalue weighted by Gasteiger charge is 2.29. The first-order valence-corrected chi connectivity index (χ1v) is 9.31. The zero-order valence-corrected chi connectivity index (χ0v) is 15.8. The Kier molecular flexibility index (Phi) is 4.60. The van der Waals surface area contributed by atoms with Gasteiger partial charge >= 0.3 is 0 Å². The maximum absolute atomic E-state index is 6.21. The fourth-order valence-corrected chi connectivity index (χ4v) is 3.57. The molecule has 4 rings (SSSR count). The van der Waals surface area contributed by atoms with Gasteiger partial charge in [0.25, 0.3) is 0 Å². The van der Waals surface area contributed by atoms with Crippen LogP contribution >= 0.6 is 27.5 Å². The van der Waals surface area contributed by atoms with Gasteiger partial charge in [0.15, 0.2) is 0 Å². The van der Waals surface area contributed by atoms with Crippen LogP contribution in [-0.4, -0.2) is 5.71 Å². The third-order valence-corrected chi connectivity index (χ3v) is 5.11. The molecule has 0 aliphatic carbocycles. The zero-order chi connectivity index (χ0) is 17.2. The SMILES string of the molecule is Clc1cccc(N2N=C(c3ccc(Br)cc3)C[C@H]2c2ccccc2)c1. The molecule has 3 aromatic rings. The third kappa shape index (κ3) is 3.48. The van der Waals surface area contributed by atoms with E-state index in [2.05, 4.69) is 75.5 Å². The van der Waals surface area contributed by atoms with Gasteiger partial charge in [-0.3, -0.25) is 5.01 Å². The van der Waals surface area contributed by atoms with Crippen molar-refractivity contribution in [3.05, 3.63) is 99.5 Å². The van der Waals surface area contributed by atoms with Gasteiger partial charge in [-0.1, -0.05) is 76.1 Å². The van der Waals surface area contributed by atoms with Gasteiger partial charge < -0.3 is 0 Å². The third-order valence-electron chi connectivity index (χ3n) is 4.34. The summed E-state index contributed by atoms with van der Waals surface area (Å²) in [6.45, 7) is 0. The van der Waals surface area contributed by atoms with Gasteiger partial charge in [-0.15, -0.1) is 0 Å². The van der Waals surface area contributed by atoms with E-state index >= 15 is 0 Å². The van der Waals surface area contributed by atoms with E-state index in [9.17, 15) is 0 Å². The molecule has 25 heavy (non-hydrogen) atoms. The molecule has 0 saturated carbocycles. The van der Waals surface area contributed by atoms with Crippen molar-refractivity contribution in [2.45, 2.75) is 12.5 Å². The molecule has 0 fully saturated rings. The van der Waals surface area contributed by atoms with Crippen LogP contribution in [0, 0.1) is 0 Å². The minimum absolute atomic E-state index is 0.165. The number of hydrazone groups is 1. The molecule has 2 nitrogen and oxygen atoms in total. The highest BCUT2D eigenvalue weighted by atomic mass is 79.9. The van der Waals surface area contributed by atoms with E-state index in [1.165, 1.54) is 5.56 Å². The van der Waals surface area contributed by atoms with Crippen molar-refractivity contribution in [3.63, 3.8) is 0 Å². The minimum atomic E-state index is 0.165. The summed E-state index contributed by atoms with van der Waals surface area (Å²) >= 11 is 9.70. The second kappa shape index (κ2) is 7.03. The number of rotatable bonds is 3. The normalized spacial score (nSPS) is 16.8. The molecule has 0 spiro atoms. The number of nitrogens with zero attached hydrogens (tertiary/aromatic N) is 2. The first-order valence-electron chi connectivity index (χ1n) is 8.14. The van der Waals surface area contributed by atoms with Gasteiger partial charge in [-0.05, 0) is 41.5 Å². The van der Waals surface area contributed by atoms with Gasteiger partial charge in [0.05, 0.1) is 17.4 Å². The van der Waals surface area contributed by atoms with Crippen LogP contribution in [0.5, 0.6) is 0 Å². The maximum Gasteiger partial charge on any atom is 0.0831 e. The van der Waals surface area contributed by atoms with Crippen LogP contribution in [0.2, 0.25) is 5.02 Å². The summed E-state index contributed by atoms with van der Waals surface area (Å²) in [7, 11) is 0. The minimum Gasteiger partial charge on any atom is -0.257 e. The summed E-state index contributed by atoms with van der Waals surface area (Å²) in [6.07, 6.45) is 0.859. The summed E-state index contributed by atoms with van der Waals surface area (Å²) < 4.78 is 1.07. The van der Waals surface area contributed by atoms with Crippen molar-refractivity contribution in [2.75, 3.05) is 5.01 Å². The molecule has 4 heteroatoms. The Balaban J connectivity index is 1.76. The molecule has 0 amide bonds. The molecule has 0 saturated heterocycles. The van der Waals surface area contributed by atoms with Gasteiger partial charge in [0.2, 0.25) is 0 Å². The van der Waals surface area contributed by atoms with Crippen LogP contribution < -0.4 is 5.01 Å². The molecule has 0 aromatic heterocycles. The molecule has 0 N–H and O–H groups in total. The van der Waals surface area contributed by atoms with E-state index in [1.54, 1.807) is 0 Å². The first-order chi connectivity index (χ1) is 12.2. The van der Waals surface area contributed by atoms with Crippen molar-refractivity contribution >= 4 is 38.9 Å². The largest absolute Gasteiger partial charge is 0.257 e. The molecule has 3 aromatic carbocycles. The molecule has 0 bridgehead atoms. The van der Waals surface area contributed by atoms with Gasteiger partial charge in [0.1, 0.15) is 0 Å². The summed E-state index contributed by atoms with van der Waals surface area (Å²) in [4.78, 5) is 0. The van der Waals surface area contributed by atoms with Gasteiger partial charge in [0, 0.05) is 15.9 Å². The molecule has 1 aliphatic rings. The average molecular weight is 412 g/mol. The average Bonchev–Trinajstić information content (AvgIpc) is 3.08. The van der Waals surface area contributed by atoms with E-state index in [0.29, 0.717) is 0 Å². The maximum atomic E-state index is 6.21. The Hall–Kier alpha value is -2.10. The van der Waals surface area contributed by atoms with Crippen molar-refractivity contribution in [1.29, 1.82) is 0 Å². The Morgan fingerprint density at radius 3 is 2.40 bits per heavy atom. The van der Waals surface area contributed by atoms with Gasteiger partial charge in [-0.2, -0.15) is 5.10 Å². The van der Waals surface area contributed by atoms with E-state index in [1.807, 2.05) is 24.3 Å². The van der Waals surface area contributed by atoms with Crippen LogP contribution in [0.15, 0.2) is 88.4 Å². The molecule has 124 valence electrons. The van der Waals surface area contributed by atoms with Gasteiger partial charge in [-0.25, -0.2) is 0 Å². The molecular weight excluding hydrogens is 396 g/mol. The molecule has 0 radical (unpaired) electrons. The van der Waals surface area contributed by atoms with Crippen molar-refractivity contribution in [2.24, 2.45) is 5.10 Å². The topological polar surface area (TPSA) is 15.6 Å². The van der Waals surface area contributed by atoms with Crippen LogP contribution in [0.1, 0.15) is 23.6 Å². The van der Waals surface area contributed by atoms with Crippen LogP contribution in [0.25, 0.3) is 0 Å². The van der Waals surface area contributed by atoms with Crippen molar-refractivity contribution < 1.29 is 0 Å². The van der Waals surface area contributed by atoms with E-state index in [0.717, 1.165) is 32.9 Å². The van der Waals surface area contributed by atoms with E-state index in [4.69, 9.17) is 16.7 Å². The fourth-order valence-electron chi connectivity index (χ4n) is 3.12. The van der Waals surface area contributed by atoms with E-state index < -0.39 is 0 Å². The second-order valence-corrected chi connectivity index (χ2v) is 7.36. The number of hydrogen-bond acceptors (Lipinski definition) is 2. The van der Waals surface area contributed by atoms with Crippen LogP contribution in [0.4, 0.5) is 5.69 Å². The Morgan fingerprint density at radius 2 is 1.68 bits per heavy atom. The number of hydrogen-bond donors (Lipinski definition) is 0. The lowest BCUT2D eigenvalue weighted by molar-refractivity contribution is 0.709. The summed E-state index contributed by atoms with van der Waals surface area (Å²) in [5.41, 5.74) is 4.49. The number of anilines is 1. The zero-order valence-electron chi connectivity index (χ0n) is 13.4. The first kappa shape index (κ1) is 16.4. The van der Waals surface area contributed by atoms with Crippen LogP contribution in [0.3, 0.4) is 0 Å². The number of halogens is 2. The monoisotopic (exact) mass is 410 g/mol. The molecule has 0 unspecified atom stereocenters. The fraction of sp³-hybridized carbons (Fsp3) is 0.0952. The Labute approximate surface area is 160 Å². The molecule has 1 atom stereocenters. The predicted octanol–water partition coefficient (Wildman–Crippen LogP) is 6.46. The molecular formula is C21H16BrClN2. The van der Waals surface area contributed by atoms with Crippen molar-refractivity contribution in [1.82, 2.24) is 0 Å². The second-order valence-electron chi connectivity index (χ2n) is 6.01. The lowest BCUT2D eigenvalue weighted by Gasteiger charge is -2.24. The molecule has 1 heterocycles. The summed E-state index contributed by atoms with van der Waals surface area (Å²) in [5, 5.41) is 7.73. The van der Waals surface area contributed by atoms with Crippen molar-refractivity contribution in [3.8, 4) is 0 Å². The summed E-state index contributed by atoms with van der Waals surface area (Å²) in [6, 6.07) is 26.8. The lowest BCUT2D eigenvalue weighted by Crippen LogP contribution is -2.18. The number of benzene rings is 3. The quantitative estimate of drug-likeness (QED) is 0.483. The highest BCUT2D eigenvalue weighted by molar-refractivity contribution is 9.10. The summed E-state index contributed by atoms with van der Waals surface area (Å²) in [5.74, 6) is 0. The van der Waals surface area contributed by atoms with Crippen LogP contribution in [-0.2, 0) is 0 Å². The highest BCUT2D eigenvalue weighted by Crippen LogP contribution is 2.37. The standard InChI is InChI=1S/C21H16BrClN2/c22-17-11-9-15(10-12-17)20-14-21(16-5-2-1-3-6-16)25(24-20)19-8-4-7-18(23)13-19/h1-13,21H,14H2/t21-/m0/s1. The predicted molar refractivity (Wildman–Crippen MR) is 108 cm³/mol. The smallest absolute Gasteiger partial charge is 0.0831 e. The Bertz CT molecular complexity index is 907.